The van der Waals surface area contributed by atoms with Gasteiger partial charge in [0, 0.05) is 25.2 Å². The standard InChI is InChI=1S/C21H22Cl2N4O3/c1-12-8-25(20(29)17-6-21(17,22)23)19-5-14(3-4-18(19)27(12)13(2)28)15-7-24-26(9-15)16-10-30-11-16/h3-5,7,9,12,16-17H,6,8,10-11H2,1-2H3/t12-,17+/m0/s1. The third kappa shape index (κ3) is 3.20. The summed E-state index contributed by atoms with van der Waals surface area (Å²) in [6.45, 7) is 5.20. The molecule has 3 heterocycles. The van der Waals surface area contributed by atoms with Gasteiger partial charge in [-0.15, -0.1) is 23.2 Å². The van der Waals surface area contributed by atoms with E-state index >= 15 is 0 Å². The normalized spacial score (nSPS) is 24.9. The maximum Gasteiger partial charge on any atom is 0.233 e. The number of hydrogen-bond acceptors (Lipinski definition) is 4. The highest BCUT2D eigenvalue weighted by Gasteiger charge is 2.58. The number of nitrogens with zero attached hydrogens (tertiary/aromatic N) is 4. The number of rotatable bonds is 3. The first-order valence-corrected chi connectivity index (χ1v) is 10.8. The third-order valence-corrected chi connectivity index (χ3v) is 6.91. The maximum absolute atomic E-state index is 13.2. The first kappa shape index (κ1) is 19.8. The number of ether oxygens (including phenoxy) is 1. The number of hydrogen-bond donors (Lipinski definition) is 0. The minimum atomic E-state index is -0.998. The van der Waals surface area contributed by atoms with Crippen LogP contribution in [0.3, 0.4) is 0 Å². The lowest BCUT2D eigenvalue weighted by Crippen LogP contribution is -2.52. The molecule has 0 unspecified atom stereocenters. The molecule has 1 aromatic heterocycles. The van der Waals surface area contributed by atoms with Crippen LogP contribution in [0.25, 0.3) is 11.1 Å². The Hall–Kier alpha value is -2.09. The number of alkyl halides is 2. The Balaban J connectivity index is 1.54. The number of halogens is 2. The summed E-state index contributed by atoms with van der Waals surface area (Å²) >= 11 is 12.3. The fraction of sp³-hybridized carbons (Fsp3) is 0.476. The Morgan fingerprint density at radius 1 is 1.20 bits per heavy atom. The van der Waals surface area contributed by atoms with Gasteiger partial charge in [0.05, 0.1) is 48.8 Å². The lowest BCUT2D eigenvalue weighted by Gasteiger charge is -2.41. The molecule has 7 nitrogen and oxygen atoms in total. The van der Waals surface area contributed by atoms with E-state index in [0.29, 0.717) is 37.6 Å². The summed E-state index contributed by atoms with van der Waals surface area (Å²) in [5, 5.41) is 4.45. The van der Waals surface area contributed by atoms with Crippen LogP contribution in [0.1, 0.15) is 26.3 Å². The third-order valence-electron chi connectivity index (χ3n) is 6.07. The van der Waals surface area contributed by atoms with Crippen molar-refractivity contribution in [2.45, 2.75) is 36.7 Å². The molecule has 5 rings (SSSR count). The Kier molecular flexibility index (Phi) is 4.61. The van der Waals surface area contributed by atoms with Gasteiger partial charge >= 0.3 is 0 Å². The highest BCUT2D eigenvalue weighted by molar-refractivity contribution is 6.52. The summed E-state index contributed by atoms with van der Waals surface area (Å²) in [7, 11) is 0. The Labute approximate surface area is 184 Å². The lowest BCUT2D eigenvalue weighted by atomic mass is 10.0. The van der Waals surface area contributed by atoms with E-state index in [0.717, 1.165) is 11.1 Å². The van der Waals surface area contributed by atoms with Gasteiger partial charge in [0.1, 0.15) is 4.33 Å². The van der Waals surface area contributed by atoms with E-state index in [9.17, 15) is 9.59 Å². The van der Waals surface area contributed by atoms with Crippen molar-refractivity contribution in [3.63, 3.8) is 0 Å². The van der Waals surface area contributed by atoms with Crippen LogP contribution in [0.5, 0.6) is 0 Å². The van der Waals surface area contributed by atoms with E-state index < -0.39 is 10.3 Å². The molecule has 0 radical (unpaired) electrons. The Morgan fingerprint density at radius 2 is 1.93 bits per heavy atom. The second kappa shape index (κ2) is 6.97. The fourth-order valence-corrected chi connectivity index (χ4v) is 4.72. The predicted octanol–water partition coefficient (Wildman–Crippen LogP) is 3.40. The fourth-order valence-electron chi connectivity index (χ4n) is 4.23. The average molecular weight is 449 g/mol. The number of anilines is 2. The van der Waals surface area contributed by atoms with Crippen molar-refractivity contribution >= 4 is 46.4 Å². The zero-order chi connectivity index (χ0) is 21.2. The van der Waals surface area contributed by atoms with Crippen LogP contribution in [0.4, 0.5) is 11.4 Å². The molecule has 2 atom stereocenters. The van der Waals surface area contributed by atoms with Crippen molar-refractivity contribution in [1.82, 2.24) is 9.78 Å². The van der Waals surface area contributed by atoms with Crippen molar-refractivity contribution in [2.24, 2.45) is 5.92 Å². The molecule has 2 fully saturated rings. The van der Waals surface area contributed by atoms with Gasteiger partial charge in [0.25, 0.3) is 0 Å². The van der Waals surface area contributed by atoms with Crippen LogP contribution in [0.2, 0.25) is 0 Å². The number of amides is 2. The Bertz CT molecular complexity index is 1030. The van der Waals surface area contributed by atoms with Crippen LogP contribution in [0.15, 0.2) is 30.6 Å². The Morgan fingerprint density at radius 3 is 2.53 bits per heavy atom. The first-order valence-electron chi connectivity index (χ1n) is 10.0. The minimum absolute atomic E-state index is 0.0585. The molecule has 2 amide bonds. The molecular formula is C21H22Cl2N4O3. The zero-order valence-electron chi connectivity index (χ0n) is 16.7. The molecule has 0 bridgehead atoms. The van der Waals surface area contributed by atoms with Crippen LogP contribution >= 0.6 is 23.2 Å². The molecule has 30 heavy (non-hydrogen) atoms. The van der Waals surface area contributed by atoms with Gasteiger partial charge in [-0.25, -0.2) is 0 Å². The molecule has 0 spiro atoms. The van der Waals surface area contributed by atoms with Crippen LogP contribution in [0, 0.1) is 5.92 Å². The molecule has 1 aliphatic carbocycles. The van der Waals surface area contributed by atoms with Crippen LogP contribution in [-0.4, -0.2) is 51.7 Å². The second-order valence-corrected chi connectivity index (χ2v) is 9.85. The topological polar surface area (TPSA) is 67.7 Å². The van der Waals surface area contributed by atoms with Gasteiger partial charge in [-0.3, -0.25) is 14.3 Å². The van der Waals surface area contributed by atoms with Crippen molar-refractivity contribution in [3.05, 3.63) is 30.6 Å². The number of benzene rings is 1. The largest absolute Gasteiger partial charge is 0.377 e. The molecule has 1 aromatic carbocycles. The monoisotopic (exact) mass is 448 g/mol. The molecule has 2 aromatic rings. The molecule has 9 heteroatoms. The second-order valence-electron chi connectivity index (χ2n) is 8.31. The summed E-state index contributed by atoms with van der Waals surface area (Å²) in [5.74, 6) is -0.581. The van der Waals surface area contributed by atoms with Crippen molar-refractivity contribution < 1.29 is 14.3 Å². The summed E-state index contributed by atoms with van der Waals surface area (Å²) in [5.41, 5.74) is 3.28. The number of carbonyl (C=O) groups excluding carboxylic acids is 2. The van der Waals surface area contributed by atoms with Gasteiger partial charge in [-0.2, -0.15) is 5.10 Å². The number of fused-ring (bicyclic) bond motifs is 1. The van der Waals surface area contributed by atoms with Gasteiger partial charge in [-0.05, 0) is 31.0 Å². The summed E-state index contributed by atoms with van der Waals surface area (Å²) in [4.78, 5) is 29.0. The van der Waals surface area contributed by atoms with Crippen LogP contribution in [-0.2, 0) is 14.3 Å². The van der Waals surface area contributed by atoms with E-state index in [1.807, 2.05) is 42.2 Å². The van der Waals surface area contributed by atoms with Crippen LogP contribution < -0.4 is 9.80 Å². The van der Waals surface area contributed by atoms with E-state index in [-0.39, 0.29) is 23.9 Å². The maximum atomic E-state index is 13.2. The minimum Gasteiger partial charge on any atom is -0.377 e. The smallest absolute Gasteiger partial charge is 0.233 e. The predicted molar refractivity (Wildman–Crippen MR) is 115 cm³/mol. The van der Waals surface area contributed by atoms with Crippen molar-refractivity contribution in [2.75, 3.05) is 29.6 Å². The average Bonchev–Trinajstić information content (AvgIpc) is 3.06. The molecule has 3 aliphatic rings. The van der Waals surface area contributed by atoms with E-state index in [1.165, 1.54) is 0 Å². The quantitative estimate of drug-likeness (QED) is 0.674. The molecule has 1 saturated carbocycles. The summed E-state index contributed by atoms with van der Waals surface area (Å²) < 4.78 is 6.15. The summed E-state index contributed by atoms with van der Waals surface area (Å²) in [6.07, 6.45) is 4.24. The SMILES string of the molecule is CC(=O)N1c2ccc(-c3cnn(C4COC4)c3)cc2N(C(=O)[C@H]2CC2(Cl)Cl)C[C@@H]1C. The van der Waals surface area contributed by atoms with Crippen molar-refractivity contribution in [1.29, 1.82) is 0 Å². The van der Waals surface area contributed by atoms with Gasteiger partial charge in [0.2, 0.25) is 11.8 Å². The highest BCUT2D eigenvalue weighted by atomic mass is 35.5. The van der Waals surface area contributed by atoms with Crippen molar-refractivity contribution in [3.8, 4) is 11.1 Å². The van der Waals surface area contributed by atoms with Gasteiger partial charge in [0.15, 0.2) is 0 Å². The number of aromatic nitrogens is 2. The number of carbonyl (C=O) groups is 2. The lowest BCUT2D eigenvalue weighted by molar-refractivity contribution is -0.120. The highest BCUT2D eigenvalue weighted by Crippen LogP contribution is 2.55. The first-order chi connectivity index (χ1) is 14.3. The van der Waals surface area contributed by atoms with Gasteiger partial charge in [-0.1, -0.05) is 6.07 Å². The van der Waals surface area contributed by atoms with E-state index in [2.05, 4.69) is 5.10 Å². The summed E-state index contributed by atoms with van der Waals surface area (Å²) in [6, 6.07) is 5.91. The van der Waals surface area contributed by atoms with E-state index in [4.69, 9.17) is 27.9 Å². The van der Waals surface area contributed by atoms with Gasteiger partial charge < -0.3 is 14.5 Å². The molecular weight excluding hydrogens is 427 g/mol. The molecule has 158 valence electrons. The zero-order valence-corrected chi connectivity index (χ0v) is 18.2. The van der Waals surface area contributed by atoms with E-state index in [1.54, 1.807) is 16.7 Å². The molecule has 1 saturated heterocycles. The molecule has 2 aliphatic heterocycles. The molecule has 0 N–H and O–H groups in total.